The van der Waals surface area contributed by atoms with Gasteiger partial charge in [-0.1, -0.05) is 25.7 Å². The molecule has 16 heavy (non-hydrogen) atoms. The van der Waals surface area contributed by atoms with Gasteiger partial charge in [0.1, 0.15) is 0 Å². The van der Waals surface area contributed by atoms with Crippen molar-refractivity contribution in [1.29, 1.82) is 0 Å². The Bertz CT molecular complexity index is 238. The molecule has 0 aromatic rings. The first-order chi connectivity index (χ1) is 7.75. The number of aliphatic imine (C=N–C) groups is 1. The van der Waals surface area contributed by atoms with Crippen molar-refractivity contribution < 1.29 is 0 Å². The minimum Gasteiger partial charge on any atom is -0.370 e. The highest BCUT2D eigenvalue weighted by atomic mass is 15.2. The summed E-state index contributed by atoms with van der Waals surface area (Å²) in [6.07, 6.45) is 10.7. The van der Waals surface area contributed by atoms with E-state index in [-0.39, 0.29) is 0 Å². The third-order valence-corrected chi connectivity index (χ3v) is 4.04. The van der Waals surface area contributed by atoms with Gasteiger partial charge in [0.25, 0.3) is 0 Å². The molecule has 0 aliphatic heterocycles. The molecule has 0 saturated heterocycles. The molecule has 3 heteroatoms. The van der Waals surface area contributed by atoms with Crippen LogP contribution in [0.15, 0.2) is 4.99 Å². The van der Waals surface area contributed by atoms with E-state index >= 15 is 0 Å². The molecule has 0 heterocycles. The number of rotatable bonds is 3. The second kappa shape index (κ2) is 5.55. The van der Waals surface area contributed by atoms with Crippen LogP contribution in [0, 0.1) is 5.92 Å². The lowest BCUT2D eigenvalue weighted by Gasteiger charge is -2.22. The number of nitrogens with zero attached hydrogens (tertiary/aromatic N) is 2. The maximum Gasteiger partial charge on any atom is 0.191 e. The number of nitrogens with two attached hydrogens (primary N) is 1. The van der Waals surface area contributed by atoms with Gasteiger partial charge in [-0.25, -0.2) is 4.99 Å². The van der Waals surface area contributed by atoms with Crippen molar-refractivity contribution in [3.8, 4) is 0 Å². The van der Waals surface area contributed by atoms with Crippen LogP contribution in [0.4, 0.5) is 0 Å². The molecule has 2 fully saturated rings. The fourth-order valence-corrected chi connectivity index (χ4v) is 2.99. The van der Waals surface area contributed by atoms with E-state index in [1.54, 1.807) is 0 Å². The Hall–Kier alpha value is -0.730. The van der Waals surface area contributed by atoms with Crippen molar-refractivity contribution in [1.82, 2.24) is 4.90 Å². The predicted octanol–water partition coefficient (Wildman–Crippen LogP) is 2.37. The van der Waals surface area contributed by atoms with Gasteiger partial charge in [-0.3, -0.25) is 0 Å². The molecule has 92 valence electrons. The zero-order valence-corrected chi connectivity index (χ0v) is 10.5. The minimum absolute atomic E-state index is 0.506. The summed E-state index contributed by atoms with van der Waals surface area (Å²) < 4.78 is 0. The van der Waals surface area contributed by atoms with Crippen molar-refractivity contribution >= 4 is 5.96 Å². The maximum atomic E-state index is 6.05. The third-order valence-electron chi connectivity index (χ3n) is 4.04. The number of hydrogen-bond acceptors (Lipinski definition) is 1. The fraction of sp³-hybridized carbons (Fsp3) is 0.923. The summed E-state index contributed by atoms with van der Waals surface area (Å²) in [5, 5.41) is 0. The molecule has 0 amide bonds. The molecule has 2 aliphatic rings. The Morgan fingerprint density at radius 1 is 1.12 bits per heavy atom. The van der Waals surface area contributed by atoms with Crippen molar-refractivity contribution in [2.75, 3.05) is 13.6 Å². The summed E-state index contributed by atoms with van der Waals surface area (Å²) in [5.41, 5.74) is 6.05. The van der Waals surface area contributed by atoms with Gasteiger partial charge in [0, 0.05) is 13.6 Å². The van der Waals surface area contributed by atoms with Crippen LogP contribution in [0.3, 0.4) is 0 Å². The van der Waals surface area contributed by atoms with E-state index in [4.69, 9.17) is 5.73 Å². The molecule has 0 radical (unpaired) electrons. The lowest BCUT2D eigenvalue weighted by Crippen LogP contribution is -2.37. The summed E-state index contributed by atoms with van der Waals surface area (Å²) in [7, 11) is 2.09. The van der Waals surface area contributed by atoms with Gasteiger partial charge >= 0.3 is 0 Å². The summed E-state index contributed by atoms with van der Waals surface area (Å²) in [5.74, 6) is 1.61. The van der Waals surface area contributed by atoms with E-state index in [9.17, 15) is 0 Å². The zero-order valence-electron chi connectivity index (χ0n) is 10.5. The number of hydrogen-bond donors (Lipinski definition) is 1. The lowest BCUT2D eigenvalue weighted by molar-refractivity contribution is 0.383. The highest BCUT2D eigenvalue weighted by Crippen LogP contribution is 2.25. The summed E-state index contributed by atoms with van der Waals surface area (Å²) >= 11 is 0. The van der Waals surface area contributed by atoms with Crippen molar-refractivity contribution in [2.24, 2.45) is 16.6 Å². The maximum absolute atomic E-state index is 6.05. The van der Waals surface area contributed by atoms with Gasteiger partial charge in [0.2, 0.25) is 0 Å². The first-order valence-corrected chi connectivity index (χ1v) is 6.80. The van der Waals surface area contributed by atoms with Gasteiger partial charge in [-0.05, 0) is 31.6 Å². The first kappa shape index (κ1) is 11.7. The second-order valence-electron chi connectivity index (χ2n) is 5.46. The van der Waals surface area contributed by atoms with E-state index in [0.29, 0.717) is 6.04 Å². The molecule has 0 spiro atoms. The molecular weight excluding hydrogens is 198 g/mol. The van der Waals surface area contributed by atoms with E-state index < -0.39 is 0 Å². The van der Waals surface area contributed by atoms with Gasteiger partial charge in [0.15, 0.2) is 5.96 Å². The van der Waals surface area contributed by atoms with Crippen LogP contribution >= 0.6 is 0 Å². The van der Waals surface area contributed by atoms with Crippen LogP contribution in [-0.4, -0.2) is 30.5 Å². The Morgan fingerprint density at radius 3 is 2.31 bits per heavy atom. The van der Waals surface area contributed by atoms with Crippen LogP contribution in [0.5, 0.6) is 0 Å². The average Bonchev–Trinajstić information content (AvgIpc) is 2.90. The first-order valence-electron chi connectivity index (χ1n) is 6.80. The van der Waals surface area contributed by atoms with Crippen molar-refractivity contribution in [3.63, 3.8) is 0 Å². The predicted molar refractivity (Wildman–Crippen MR) is 68.5 cm³/mol. The number of guanidine groups is 1. The van der Waals surface area contributed by atoms with Crippen LogP contribution in [0.2, 0.25) is 0 Å². The van der Waals surface area contributed by atoms with Gasteiger partial charge in [-0.15, -0.1) is 0 Å². The zero-order chi connectivity index (χ0) is 11.4. The highest BCUT2D eigenvalue weighted by molar-refractivity contribution is 5.78. The molecule has 0 aromatic heterocycles. The quantitative estimate of drug-likeness (QED) is 0.589. The van der Waals surface area contributed by atoms with Crippen LogP contribution in [0.1, 0.15) is 51.4 Å². The topological polar surface area (TPSA) is 41.6 Å². The molecule has 0 bridgehead atoms. The standard InChI is InChI=1S/C13H25N3/c1-16(10-11-6-2-3-7-11)13(14)15-12-8-4-5-9-12/h11-12H,2-10H2,1H3,(H2,14,15). The van der Waals surface area contributed by atoms with E-state index in [1.165, 1.54) is 51.4 Å². The normalized spacial score (nSPS) is 24.2. The molecule has 2 aliphatic carbocycles. The van der Waals surface area contributed by atoms with Gasteiger partial charge < -0.3 is 10.6 Å². The highest BCUT2D eigenvalue weighted by Gasteiger charge is 2.19. The molecule has 2 N–H and O–H groups in total. The third kappa shape index (κ3) is 3.13. The fourth-order valence-electron chi connectivity index (χ4n) is 2.99. The van der Waals surface area contributed by atoms with Gasteiger partial charge in [0.05, 0.1) is 6.04 Å². The van der Waals surface area contributed by atoms with Crippen LogP contribution in [-0.2, 0) is 0 Å². The minimum atomic E-state index is 0.506. The molecule has 0 unspecified atom stereocenters. The molecular formula is C13H25N3. The lowest BCUT2D eigenvalue weighted by atomic mass is 10.1. The summed E-state index contributed by atoms with van der Waals surface area (Å²) in [4.78, 5) is 6.80. The van der Waals surface area contributed by atoms with E-state index in [1.807, 2.05) is 0 Å². The van der Waals surface area contributed by atoms with Crippen molar-refractivity contribution in [2.45, 2.75) is 57.4 Å². The van der Waals surface area contributed by atoms with Crippen LogP contribution < -0.4 is 5.73 Å². The monoisotopic (exact) mass is 223 g/mol. The molecule has 0 aromatic carbocycles. The molecule has 0 atom stereocenters. The molecule has 2 saturated carbocycles. The van der Waals surface area contributed by atoms with E-state index in [0.717, 1.165) is 18.4 Å². The smallest absolute Gasteiger partial charge is 0.191 e. The van der Waals surface area contributed by atoms with Gasteiger partial charge in [-0.2, -0.15) is 0 Å². The van der Waals surface area contributed by atoms with Crippen LogP contribution in [0.25, 0.3) is 0 Å². The Labute approximate surface area is 99.1 Å². The summed E-state index contributed by atoms with van der Waals surface area (Å²) in [6, 6.07) is 0.506. The largest absolute Gasteiger partial charge is 0.370 e. The Morgan fingerprint density at radius 2 is 1.69 bits per heavy atom. The Kier molecular flexibility index (Phi) is 4.08. The molecule has 3 nitrogen and oxygen atoms in total. The second-order valence-corrected chi connectivity index (χ2v) is 5.46. The average molecular weight is 223 g/mol. The SMILES string of the molecule is CN(CC1CCCC1)C(N)=NC1CCCC1. The summed E-state index contributed by atoms with van der Waals surface area (Å²) in [6.45, 7) is 1.10. The molecule has 2 rings (SSSR count). The van der Waals surface area contributed by atoms with Crippen molar-refractivity contribution in [3.05, 3.63) is 0 Å². The van der Waals surface area contributed by atoms with E-state index in [2.05, 4.69) is 16.9 Å². The Balaban J connectivity index is 1.80.